The fourth-order valence-corrected chi connectivity index (χ4v) is 2.55. The van der Waals surface area contributed by atoms with Crippen LogP contribution < -0.4 is 5.32 Å². The minimum atomic E-state index is -0.800. The van der Waals surface area contributed by atoms with Crippen molar-refractivity contribution in [2.24, 2.45) is 0 Å². The number of thioether (sulfide) groups is 1. The molecule has 0 saturated heterocycles. The van der Waals surface area contributed by atoms with Gasteiger partial charge in [0.25, 0.3) is 0 Å². The van der Waals surface area contributed by atoms with Crippen LogP contribution in [0.25, 0.3) is 0 Å². The largest absolute Gasteiger partial charge is 0.481 e. The highest BCUT2D eigenvalue weighted by Gasteiger charge is 2.06. The van der Waals surface area contributed by atoms with Crippen molar-refractivity contribution in [2.75, 3.05) is 32.4 Å². The van der Waals surface area contributed by atoms with Gasteiger partial charge in [-0.2, -0.15) is 0 Å². The lowest BCUT2D eigenvalue weighted by atomic mass is 10.3. The number of rotatable bonds is 10. The first kappa shape index (κ1) is 17.5. The number of benzene rings is 1. The van der Waals surface area contributed by atoms with Gasteiger partial charge in [-0.05, 0) is 32.1 Å². The van der Waals surface area contributed by atoms with Gasteiger partial charge in [0.1, 0.15) is 0 Å². The van der Waals surface area contributed by atoms with Crippen molar-refractivity contribution in [3.8, 4) is 0 Å². The highest BCUT2D eigenvalue weighted by molar-refractivity contribution is 7.99. The molecule has 0 unspecified atom stereocenters. The summed E-state index contributed by atoms with van der Waals surface area (Å²) in [7, 11) is 1.82. The van der Waals surface area contributed by atoms with E-state index in [1.807, 2.05) is 42.3 Å². The normalized spacial score (nSPS) is 10.6. The molecule has 1 amide bonds. The Morgan fingerprint density at radius 1 is 1.29 bits per heavy atom. The van der Waals surface area contributed by atoms with Gasteiger partial charge < -0.3 is 10.4 Å². The number of nitrogens with one attached hydrogen (secondary N) is 1. The van der Waals surface area contributed by atoms with Crippen LogP contribution in [-0.4, -0.2) is 54.3 Å². The maximum Gasteiger partial charge on any atom is 0.303 e. The molecule has 5 nitrogen and oxygen atoms in total. The van der Waals surface area contributed by atoms with Crippen LogP contribution in [0.1, 0.15) is 12.8 Å². The first-order valence-corrected chi connectivity index (χ1v) is 7.91. The van der Waals surface area contributed by atoms with Crippen molar-refractivity contribution in [1.29, 1.82) is 0 Å². The van der Waals surface area contributed by atoms with E-state index in [9.17, 15) is 9.59 Å². The maximum atomic E-state index is 11.7. The van der Waals surface area contributed by atoms with E-state index in [1.165, 1.54) is 4.90 Å². The molecule has 0 saturated carbocycles. The van der Waals surface area contributed by atoms with Gasteiger partial charge in [0, 0.05) is 23.6 Å². The molecule has 1 rings (SSSR count). The summed E-state index contributed by atoms with van der Waals surface area (Å²) >= 11 is 1.70. The molecule has 1 aromatic rings. The number of carbonyl (C=O) groups is 2. The number of hydrogen-bond donors (Lipinski definition) is 2. The Bertz CT molecular complexity index is 440. The van der Waals surface area contributed by atoms with E-state index < -0.39 is 5.97 Å². The third kappa shape index (κ3) is 9.10. The molecule has 0 aromatic heterocycles. The molecular formula is C15H22N2O3S. The van der Waals surface area contributed by atoms with Gasteiger partial charge in [-0.3, -0.25) is 14.5 Å². The van der Waals surface area contributed by atoms with Gasteiger partial charge in [-0.15, -0.1) is 11.8 Å². The Morgan fingerprint density at radius 2 is 2.00 bits per heavy atom. The first-order valence-electron chi connectivity index (χ1n) is 6.93. The Labute approximate surface area is 129 Å². The number of amides is 1. The number of aliphatic carboxylic acids is 1. The lowest BCUT2D eigenvalue weighted by Gasteiger charge is -2.15. The van der Waals surface area contributed by atoms with E-state index in [0.29, 0.717) is 26.1 Å². The minimum Gasteiger partial charge on any atom is -0.481 e. The number of carbonyl (C=O) groups excluding carboxylic acids is 1. The smallest absolute Gasteiger partial charge is 0.303 e. The molecule has 6 heteroatoms. The van der Waals surface area contributed by atoms with Crippen molar-refractivity contribution in [3.05, 3.63) is 30.3 Å². The molecule has 2 N–H and O–H groups in total. The quantitative estimate of drug-likeness (QED) is 0.508. The zero-order chi connectivity index (χ0) is 15.5. The molecule has 0 aliphatic carbocycles. The van der Waals surface area contributed by atoms with Gasteiger partial charge in [0.15, 0.2) is 0 Å². The van der Waals surface area contributed by atoms with Crippen molar-refractivity contribution < 1.29 is 14.7 Å². The van der Waals surface area contributed by atoms with Crippen LogP contribution >= 0.6 is 11.8 Å². The number of hydrogen-bond acceptors (Lipinski definition) is 4. The standard InChI is InChI=1S/C15H22N2O3S/c1-17(10-5-8-15(19)20)12-14(18)16-9-11-21-13-6-3-2-4-7-13/h2-4,6-7H,5,8-12H2,1H3,(H,16,18)(H,19,20). The van der Waals surface area contributed by atoms with E-state index >= 15 is 0 Å². The summed E-state index contributed by atoms with van der Waals surface area (Å²) in [6, 6.07) is 10.1. The first-order chi connectivity index (χ1) is 10.1. The molecule has 0 bridgehead atoms. The number of nitrogens with zero attached hydrogens (tertiary/aromatic N) is 1. The van der Waals surface area contributed by atoms with Crippen LogP contribution in [0.5, 0.6) is 0 Å². The predicted molar refractivity (Wildman–Crippen MR) is 84.5 cm³/mol. The second kappa shape index (κ2) is 10.2. The van der Waals surface area contributed by atoms with Gasteiger partial charge in [0.05, 0.1) is 6.54 Å². The van der Waals surface area contributed by atoms with Gasteiger partial charge in [-0.1, -0.05) is 18.2 Å². The maximum absolute atomic E-state index is 11.7. The summed E-state index contributed by atoms with van der Waals surface area (Å²) in [5.74, 6) is 0.00523. The Hall–Kier alpha value is -1.53. The monoisotopic (exact) mass is 310 g/mol. The van der Waals surface area contributed by atoms with E-state index in [4.69, 9.17) is 5.11 Å². The lowest BCUT2D eigenvalue weighted by Crippen LogP contribution is -2.36. The topological polar surface area (TPSA) is 69.6 Å². The highest BCUT2D eigenvalue weighted by atomic mass is 32.2. The molecule has 0 radical (unpaired) electrons. The van der Waals surface area contributed by atoms with Crippen LogP contribution in [0.3, 0.4) is 0 Å². The summed E-state index contributed by atoms with van der Waals surface area (Å²) in [5, 5.41) is 11.4. The average molecular weight is 310 g/mol. The summed E-state index contributed by atoms with van der Waals surface area (Å²) < 4.78 is 0. The molecule has 0 heterocycles. The van der Waals surface area contributed by atoms with Crippen molar-refractivity contribution in [2.45, 2.75) is 17.7 Å². The molecule has 0 spiro atoms. The third-order valence-electron chi connectivity index (χ3n) is 2.78. The van der Waals surface area contributed by atoms with Crippen LogP contribution in [0.15, 0.2) is 35.2 Å². The molecule has 0 atom stereocenters. The van der Waals surface area contributed by atoms with Crippen LogP contribution in [0.2, 0.25) is 0 Å². The molecular weight excluding hydrogens is 288 g/mol. The molecule has 0 aliphatic heterocycles. The molecule has 1 aromatic carbocycles. The fourth-order valence-electron chi connectivity index (χ4n) is 1.76. The van der Waals surface area contributed by atoms with Gasteiger partial charge >= 0.3 is 5.97 Å². The van der Waals surface area contributed by atoms with E-state index in [-0.39, 0.29) is 12.3 Å². The van der Waals surface area contributed by atoms with Crippen LogP contribution in [-0.2, 0) is 9.59 Å². The van der Waals surface area contributed by atoms with E-state index in [0.717, 1.165) is 5.75 Å². The van der Waals surface area contributed by atoms with E-state index in [2.05, 4.69) is 5.32 Å². The third-order valence-corrected chi connectivity index (χ3v) is 3.79. The second-order valence-electron chi connectivity index (χ2n) is 4.75. The number of likely N-dealkylation sites (N-methyl/N-ethyl adjacent to an activating group) is 1. The van der Waals surface area contributed by atoms with Crippen molar-refractivity contribution in [1.82, 2.24) is 10.2 Å². The van der Waals surface area contributed by atoms with Gasteiger partial charge in [0.2, 0.25) is 5.91 Å². The molecule has 0 aliphatic rings. The number of carboxylic acids is 1. The average Bonchev–Trinajstić information content (AvgIpc) is 2.44. The zero-order valence-electron chi connectivity index (χ0n) is 12.2. The van der Waals surface area contributed by atoms with Crippen LogP contribution in [0, 0.1) is 0 Å². The van der Waals surface area contributed by atoms with Gasteiger partial charge in [-0.25, -0.2) is 0 Å². The Balaban J connectivity index is 2.06. The Kier molecular flexibility index (Phi) is 8.54. The second-order valence-corrected chi connectivity index (χ2v) is 5.91. The fraction of sp³-hybridized carbons (Fsp3) is 0.467. The zero-order valence-corrected chi connectivity index (χ0v) is 13.1. The molecule has 21 heavy (non-hydrogen) atoms. The molecule has 0 fully saturated rings. The minimum absolute atomic E-state index is 0.0264. The summed E-state index contributed by atoms with van der Waals surface area (Å²) in [5.41, 5.74) is 0. The van der Waals surface area contributed by atoms with E-state index in [1.54, 1.807) is 11.8 Å². The highest BCUT2D eigenvalue weighted by Crippen LogP contribution is 2.15. The number of carboxylic acid groups (broad SMARTS) is 1. The summed E-state index contributed by atoms with van der Waals surface area (Å²) in [6.45, 7) is 1.54. The molecule has 116 valence electrons. The lowest BCUT2D eigenvalue weighted by molar-refractivity contribution is -0.137. The summed E-state index contributed by atoms with van der Waals surface area (Å²) in [6.07, 6.45) is 0.697. The SMILES string of the molecule is CN(CCCC(=O)O)CC(=O)NCCSc1ccccc1. The Morgan fingerprint density at radius 3 is 2.67 bits per heavy atom. The van der Waals surface area contributed by atoms with Crippen molar-refractivity contribution in [3.63, 3.8) is 0 Å². The predicted octanol–water partition coefficient (Wildman–Crippen LogP) is 1.69. The van der Waals surface area contributed by atoms with Crippen LogP contribution in [0.4, 0.5) is 0 Å². The van der Waals surface area contributed by atoms with Crippen molar-refractivity contribution >= 4 is 23.6 Å². The summed E-state index contributed by atoms with van der Waals surface area (Å²) in [4.78, 5) is 25.1.